The first kappa shape index (κ1) is 27.2. The van der Waals surface area contributed by atoms with Gasteiger partial charge < -0.3 is 0 Å². The molecule has 1 heterocycles. The molecule has 0 amide bonds. The SMILES string of the molecule is C#C[C@H]1OC(C)(C)O[C@@H]1c1ccccc1/C=C/C=[CH]/[Sn]([CH2]CCC)([CH2]CCC)[CH2]CCC. The van der Waals surface area contributed by atoms with Gasteiger partial charge in [-0.1, -0.05) is 0 Å². The first-order chi connectivity index (χ1) is 15.4. The van der Waals surface area contributed by atoms with Gasteiger partial charge in [0.1, 0.15) is 0 Å². The molecule has 0 unspecified atom stereocenters. The maximum absolute atomic E-state index is 6.17. The van der Waals surface area contributed by atoms with Crippen LogP contribution in [0.25, 0.3) is 6.08 Å². The summed E-state index contributed by atoms with van der Waals surface area (Å²) < 4.78 is 19.3. The molecule has 0 N–H and O–H groups in total. The normalized spacial score (nSPS) is 20.9. The third-order valence-electron chi connectivity index (χ3n) is 6.48. The quantitative estimate of drug-likeness (QED) is 0.141. The third kappa shape index (κ3) is 8.08. The van der Waals surface area contributed by atoms with Crippen LogP contribution in [0.5, 0.6) is 0 Å². The fraction of sp³-hybridized carbons (Fsp3) is 0.586. The Morgan fingerprint density at radius 2 is 1.53 bits per heavy atom. The molecule has 0 radical (unpaired) electrons. The van der Waals surface area contributed by atoms with Crippen LogP contribution >= 0.6 is 0 Å². The van der Waals surface area contributed by atoms with E-state index in [1.54, 1.807) is 0 Å². The molecule has 1 fully saturated rings. The van der Waals surface area contributed by atoms with Crippen molar-refractivity contribution in [3.8, 4) is 12.3 Å². The number of rotatable bonds is 13. The number of unbranched alkanes of at least 4 members (excludes halogenated alkanes) is 3. The van der Waals surface area contributed by atoms with Gasteiger partial charge in [0.05, 0.1) is 0 Å². The van der Waals surface area contributed by atoms with Crippen LogP contribution < -0.4 is 0 Å². The Kier molecular flexibility index (Phi) is 11.6. The van der Waals surface area contributed by atoms with Crippen LogP contribution in [0, 0.1) is 12.3 Å². The molecule has 2 nitrogen and oxygen atoms in total. The third-order valence-corrected chi connectivity index (χ3v) is 20.6. The fourth-order valence-electron chi connectivity index (χ4n) is 4.66. The van der Waals surface area contributed by atoms with E-state index in [2.05, 4.69) is 67.2 Å². The molecular formula is C29H44O2Sn. The molecule has 32 heavy (non-hydrogen) atoms. The van der Waals surface area contributed by atoms with Crippen LogP contribution in [0.4, 0.5) is 0 Å². The van der Waals surface area contributed by atoms with Crippen molar-refractivity contribution in [3.05, 3.63) is 51.6 Å². The number of hydrogen-bond donors (Lipinski definition) is 0. The van der Waals surface area contributed by atoms with E-state index in [-0.39, 0.29) is 12.2 Å². The van der Waals surface area contributed by atoms with E-state index >= 15 is 0 Å². The van der Waals surface area contributed by atoms with E-state index in [0.717, 1.165) is 11.1 Å². The van der Waals surface area contributed by atoms with E-state index in [1.807, 2.05) is 19.9 Å². The molecule has 1 aliphatic rings. The number of ether oxygens (including phenoxy) is 2. The van der Waals surface area contributed by atoms with Crippen LogP contribution in [0.15, 0.2) is 40.5 Å². The molecular weight excluding hydrogens is 499 g/mol. The molecule has 1 aromatic carbocycles. The summed E-state index contributed by atoms with van der Waals surface area (Å²) in [6.45, 7) is 10.8. The van der Waals surface area contributed by atoms with Crippen molar-refractivity contribution in [1.29, 1.82) is 0 Å². The summed E-state index contributed by atoms with van der Waals surface area (Å²) in [4.78, 5) is 0. The Hall–Kier alpha value is -1.02. The van der Waals surface area contributed by atoms with Gasteiger partial charge >= 0.3 is 202 Å². The second kappa shape index (κ2) is 13.6. The average molecular weight is 543 g/mol. The Morgan fingerprint density at radius 3 is 2.09 bits per heavy atom. The number of benzene rings is 1. The van der Waals surface area contributed by atoms with Gasteiger partial charge in [-0.3, -0.25) is 0 Å². The second-order valence-corrected chi connectivity index (χ2v) is 22.7. The monoisotopic (exact) mass is 544 g/mol. The van der Waals surface area contributed by atoms with Crippen LogP contribution in [-0.2, 0) is 9.47 Å². The Bertz CT molecular complexity index is 765. The fourth-order valence-corrected chi connectivity index (χ4v) is 18.8. The van der Waals surface area contributed by atoms with Crippen LogP contribution in [0.1, 0.15) is 90.4 Å². The Morgan fingerprint density at radius 1 is 0.938 bits per heavy atom. The van der Waals surface area contributed by atoms with Gasteiger partial charge in [0, 0.05) is 0 Å². The van der Waals surface area contributed by atoms with E-state index in [1.165, 1.54) is 51.8 Å². The molecule has 0 spiro atoms. The van der Waals surface area contributed by atoms with Crippen molar-refractivity contribution < 1.29 is 9.47 Å². The minimum absolute atomic E-state index is 0.239. The number of terminal acetylenes is 1. The first-order valence-corrected chi connectivity index (χ1v) is 20.4. The zero-order valence-electron chi connectivity index (χ0n) is 21.0. The second-order valence-electron chi connectivity index (χ2n) is 9.66. The molecule has 1 saturated heterocycles. The maximum atomic E-state index is 6.17. The van der Waals surface area contributed by atoms with Gasteiger partial charge in [-0.15, -0.1) is 0 Å². The molecule has 0 aromatic heterocycles. The first-order valence-electron chi connectivity index (χ1n) is 12.7. The number of allylic oxidation sites excluding steroid dienone is 2. The molecule has 2 atom stereocenters. The van der Waals surface area contributed by atoms with Gasteiger partial charge in [-0.25, -0.2) is 0 Å². The van der Waals surface area contributed by atoms with Gasteiger partial charge in [0.15, 0.2) is 0 Å². The van der Waals surface area contributed by atoms with Gasteiger partial charge in [0.2, 0.25) is 0 Å². The molecule has 1 aromatic rings. The molecule has 2 rings (SSSR count). The van der Waals surface area contributed by atoms with Gasteiger partial charge in [0.25, 0.3) is 0 Å². The van der Waals surface area contributed by atoms with Crippen molar-refractivity contribution in [2.24, 2.45) is 0 Å². The average Bonchev–Trinajstić information content (AvgIpc) is 3.12. The van der Waals surface area contributed by atoms with Crippen LogP contribution in [-0.4, -0.2) is 30.3 Å². The van der Waals surface area contributed by atoms with Crippen molar-refractivity contribution in [2.45, 2.75) is 104 Å². The van der Waals surface area contributed by atoms with E-state index in [9.17, 15) is 0 Å². The molecule has 3 heteroatoms. The summed E-state index contributed by atoms with van der Waals surface area (Å²) in [6, 6.07) is 8.37. The summed E-state index contributed by atoms with van der Waals surface area (Å²) >= 11 is -2.25. The van der Waals surface area contributed by atoms with Crippen molar-refractivity contribution in [3.63, 3.8) is 0 Å². The topological polar surface area (TPSA) is 18.5 Å². The standard InChI is InChI=1S/C17H17O2.3C4H9.Sn/c1-5-7-10-13-11-8-9-12-14(13)16-15(6-2)18-17(3,4)19-16;3*1-3-4-2;/h1-2,5,7-12,15-16H,3-4H3;3*1,3-4H2,2H3;/b5-1?,10-7+;;;;/t15-,16-;;;;/m1..../s1. The van der Waals surface area contributed by atoms with Crippen LogP contribution in [0.2, 0.25) is 13.3 Å². The Labute approximate surface area is 201 Å². The van der Waals surface area contributed by atoms with Gasteiger partial charge in [-0.2, -0.15) is 0 Å². The molecule has 176 valence electrons. The number of hydrogen-bond acceptors (Lipinski definition) is 2. The molecule has 0 saturated carbocycles. The molecule has 1 aliphatic heterocycles. The van der Waals surface area contributed by atoms with E-state index in [4.69, 9.17) is 15.9 Å². The summed E-state index contributed by atoms with van der Waals surface area (Å²) in [5, 5.41) is 0. The summed E-state index contributed by atoms with van der Waals surface area (Å²) in [5.41, 5.74) is 2.25. The van der Waals surface area contributed by atoms with Gasteiger partial charge in [-0.05, 0) is 0 Å². The Balaban J connectivity index is 2.23. The summed E-state index contributed by atoms with van der Waals surface area (Å²) in [5.74, 6) is 2.10. The van der Waals surface area contributed by atoms with Crippen LogP contribution in [0.3, 0.4) is 0 Å². The predicted octanol–water partition coefficient (Wildman–Crippen LogP) is 8.47. The molecule has 0 aliphatic carbocycles. The zero-order chi connectivity index (χ0) is 23.5. The van der Waals surface area contributed by atoms with Crippen molar-refractivity contribution in [1.82, 2.24) is 0 Å². The summed E-state index contributed by atoms with van der Waals surface area (Å²) in [6.07, 6.45) is 20.1. The van der Waals surface area contributed by atoms with Crippen molar-refractivity contribution in [2.75, 3.05) is 0 Å². The van der Waals surface area contributed by atoms with E-state index < -0.39 is 24.2 Å². The summed E-state index contributed by atoms with van der Waals surface area (Å²) in [7, 11) is 0. The van der Waals surface area contributed by atoms with E-state index in [0.29, 0.717) is 0 Å². The molecule has 0 bridgehead atoms. The minimum atomic E-state index is -2.25. The zero-order valence-corrected chi connectivity index (χ0v) is 23.9. The van der Waals surface area contributed by atoms with Crippen molar-refractivity contribution >= 4 is 24.5 Å². The predicted molar refractivity (Wildman–Crippen MR) is 141 cm³/mol.